The molecule has 138 valence electrons. The normalized spacial score (nSPS) is 11.8. The summed E-state index contributed by atoms with van der Waals surface area (Å²) >= 11 is 1.51. The van der Waals surface area contributed by atoms with Crippen LogP contribution in [0.4, 0.5) is 0 Å². The minimum Gasteiger partial charge on any atom is -0.450 e. The van der Waals surface area contributed by atoms with Gasteiger partial charge in [0, 0.05) is 22.6 Å². The van der Waals surface area contributed by atoms with Crippen molar-refractivity contribution >= 4 is 45.3 Å². The van der Waals surface area contributed by atoms with Crippen LogP contribution in [0, 0.1) is 11.3 Å². The summed E-state index contributed by atoms with van der Waals surface area (Å²) in [7, 11) is 0. The fraction of sp³-hybridized carbons (Fsp3) is 0. The lowest BCUT2D eigenvalue weighted by molar-refractivity contribution is 0.466. The van der Waals surface area contributed by atoms with Gasteiger partial charge < -0.3 is 9.40 Å². The zero-order chi connectivity index (χ0) is 19.6. The Morgan fingerprint density at radius 3 is 2.83 bits per heavy atom. The standard InChI is InChI=1S/C23H14N4OS/c24-14-16(23-26-18-7-1-2-8-19(18)27-23)13-17-10-11-21(28-17)29-20-9-3-5-15-6-4-12-25-22(15)20/h1-13H,(H,26,27)/b16-13+. The van der Waals surface area contributed by atoms with Crippen LogP contribution in [0.3, 0.4) is 0 Å². The maximum atomic E-state index is 9.59. The van der Waals surface area contributed by atoms with Gasteiger partial charge in [-0.1, -0.05) is 30.3 Å². The number of aromatic nitrogens is 3. The molecule has 0 amide bonds. The summed E-state index contributed by atoms with van der Waals surface area (Å²) in [6, 6.07) is 23.7. The highest BCUT2D eigenvalue weighted by molar-refractivity contribution is 7.99. The third-order valence-corrected chi connectivity index (χ3v) is 5.43. The summed E-state index contributed by atoms with van der Waals surface area (Å²) < 4.78 is 5.93. The third-order valence-electron chi connectivity index (χ3n) is 4.46. The van der Waals surface area contributed by atoms with E-state index in [1.807, 2.05) is 66.7 Å². The van der Waals surface area contributed by atoms with Crippen LogP contribution in [0.1, 0.15) is 11.6 Å². The predicted octanol–water partition coefficient (Wildman–Crippen LogP) is 5.92. The Morgan fingerprint density at radius 2 is 1.93 bits per heavy atom. The lowest BCUT2D eigenvalue weighted by atomic mass is 10.2. The van der Waals surface area contributed by atoms with E-state index >= 15 is 0 Å². The lowest BCUT2D eigenvalue weighted by Crippen LogP contribution is -1.84. The molecule has 0 aliphatic carbocycles. The minimum atomic E-state index is 0.416. The van der Waals surface area contributed by atoms with Crippen LogP contribution in [-0.2, 0) is 0 Å². The van der Waals surface area contributed by atoms with E-state index in [9.17, 15) is 5.26 Å². The number of benzene rings is 2. The van der Waals surface area contributed by atoms with E-state index in [0.29, 0.717) is 17.2 Å². The maximum absolute atomic E-state index is 9.59. The van der Waals surface area contributed by atoms with Crippen molar-refractivity contribution in [1.29, 1.82) is 5.26 Å². The molecule has 0 bridgehead atoms. The zero-order valence-corrected chi connectivity index (χ0v) is 16.0. The van der Waals surface area contributed by atoms with Gasteiger partial charge in [-0.05, 0) is 48.2 Å². The molecule has 5 aromatic rings. The highest BCUT2D eigenvalue weighted by Gasteiger charge is 2.11. The van der Waals surface area contributed by atoms with Crippen molar-refractivity contribution in [3.63, 3.8) is 0 Å². The number of hydrogen-bond donors (Lipinski definition) is 1. The summed E-state index contributed by atoms with van der Waals surface area (Å²) in [5, 5.41) is 11.4. The van der Waals surface area contributed by atoms with E-state index in [-0.39, 0.29) is 0 Å². The molecule has 3 heterocycles. The van der Waals surface area contributed by atoms with E-state index < -0.39 is 0 Å². The Morgan fingerprint density at radius 1 is 1.03 bits per heavy atom. The molecule has 0 aliphatic heterocycles. The second-order valence-electron chi connectivity index (χ2n) is 6.36. The van der Waals surface area contributed by atoms with Crippen molar-refractivity contribution < 1.29 is 4.42 Å². The Bertz CT molecular complexity index is 1370. The van der Waals surface area contributed by atoms with Crippen LogP contribution in [0.25, 0.3) is 33.6 Å². The zero-order valence-electron chi connectivity index (χ0n) is 15.2. The molecule has 0 unspecified atom stereocenters. The number of allylic oxidation sites excluding steroid dienone is 1. The first kappa shape index (κ1) is 17.3. The van der Waals surface area contributed by atoms with E-state index in [1.54, 1.807) is 12.3 Å². The lowest BCUT2D eigenvalue weighted by Gasteiger charge is -2.02. The second-order valence-corrected chi connectivity index (χ2v) is 7.41. The summed E-state index contributed by atoms with van der Waals surface area (Å²) in [5.74, 6) is 1.12. The smallest absolute Gasteiger partial charge is 0.165 e. The number of rotatable bonds is 4. The van der Waals surface area contributed by atoms with Crippen molar-refractivity contribution in [2.45, 2.75) is 9.99 Å². The van der Waals surface area contributed by atoms with Gasteiger partial charge in [-0.3, -0.25) is 4.98 Å². The predicted molar refractivity (Wildman–Crippen MR) is 114 cm³/mol. The van der Waals surface area contributed by atoms with Gasteiger partial charge in [0.05, 0.1) is 22.1 Å². The number of imidazole rings is 1. The number of para-hydroxylation sites is 3. The average Bonchev–Trinajstić information content (AvgIpc) is 3.39. The molecule has 0 atom stereocenters. The number of pyridine rings is 1. The summed E-state index contributed by atoms with van der Waals surface area (Å²) in [6.07, 6.45) is 3.48. The first-order valence-corrected chi connectivity index (χ1v) is 9.80. The molecule has 0 spiro atoms. The second kappa shape index (κ2) is 7.30. The molecule has 1 N–H and O–H groups in total. The fourth-order valence-corrected chi connectivity index (χ4v) is 4.01. The molecule has 0 fully saturated rings. The highest BCUT2D eigenvalue weighted by Crippen LogP contribution is 2.34. The van der Waals surface area contributed by atoms with E-state index in [4.69, 9.17) is 4.42 Å². The molecule has 6 heteroatoms. The number of aromatic amines is 1. The van der Waals surface area contributed by atoms with Crippen LogP contribution < -0.4 is 0 Å². The molecule has 0 saturated carbocycles. The molecule has 0 saturated heterocycles. The number of H-pyrrole nitrogens is 1. The minimum absolute atomic E-state index is 0.416. The summed E-state index contributed by atoms with van der Waals surface area (Å²) in [6.45, 7) is 0. The first-order valence-electron chi connectivity index (χ1n) is 8.98. The van der Waals surface area contributed by atoms with Crippen molar-refractivity contribution in [3.8, 4) is 6.07 Å². The van der Waals surface area contributed by atoms with Crippen molar-refractivity contribution in [2.24, 2.45) is 0 Å². The Hall–Kier alpha value is -3.82. The number of nitrogens with zero attached hydrogens (tertiary/aromatic N) is 3. The summed E-state index contributed by atoms with van der Waals surface area (Å²) in [5.41, 5.74) is 3.07. The Kier molecular flexibility index (Phi) is 4.35. The number of nitrogens with one attached hydrogen (secondary N) is 1. The molecule has 5 nitrogen and oxygen atoms in total. The molecular formula is C23H14N4OS. The van der Waals surface area contributed by atoms with Gasteiger partial charge in [0.1, 0.15) is 17.7 Å². The quantitative estimate of drug-likeness (QED) is 0.383. The monoisotopic (exact) mass is 394 g/mol. The van der Waals surface area contributed by atoms with Crippen LogP contribution in [0.15, 0.2) is 87.3 Å². The number of furan rings is 1. The van der Waals surface area contributed by atoms with E-state index in [1.165, 1.54) is 11.8 Å². The Balaban J connectivity index is 1.45. The van der Waals surface area contributed by atoms with Crippen LogP contribution >= 0.6 is 11.8 Å². The van der Waals surface area contributed by atoms with Gasteiger partial charge in [0.2, 0.25) is 0 Å². The van der Waals surface area contributed by atoms with Crippen LogP contribution in [-0.4, -0.2) is 15.0 Å². The van der Waals surface area contributed by atoms with Gasteiger partial charge >= 0.3 is 0 Å². The number of hydrogen-bond acceptors (Lipinski definition) is 5. The molecule has 0 aliphatic rings. The van der Waals surface area contributed by atoms with Crippen molar-refractivity contribution in [3.05, 3.63) is 84.5 Å². The van der Waals surface area contributed by atoms with E-state index in [0.717, 1.165) is 31.9 Å². The van der Waals surface area contributed by atoms with Gasteiger partial charge in [-0.25, -0.2) is 4.98 Å². The van der Waals surface area contributed by atoms with Gasteiger partial charge in [0.15, 0.2) is 5.09 Å². The molecule has 3 aromatic heterocycles. The SMILES string of the molecule is N#C/C(=C\c1ccc(Sc2cccc3cccnc23)o1)c1nc2ccccc2[nH]1. The van der Waals surface area contributed by atoms with Gasteiger partial charge in [0.25, 0.3) is 0 Å². The number of nitriles is 1. The third kappa shape index (κ3) is 3.40. The average molecular weight is 394 g/mol. The molecule has 5 rings (SSSR count). The largest absolute Gasteiger partial charge is 0.450 e. The fourth-order valence-electron chi connectivity index (χ4n) is 3.11. The number of fused-ring (bicyclic) bond motifs is 2. The molecular weight excluding hydrogens is 380 g/mol. The maximum Gasteiger partial charge on any atom is 0.165 e. The van der Waals surface area contributed by atoms with E-state index in [2.05, 4.69) is 21.0 Å². The van der Waals surface area contributed by atoms with Crippen LogP contribution in [0.2, 0.25) is 0 Å². The molecule has 0 radical (unpaired) electrons. The summed E-state index contributed by atoms with van der Waals surface area (Å²) in [4.78, 5) is 13.2. The highest BCUT2D eigenvalue weighted by atomic mass is 32.2. The topological polar surface area (TPSA) is 78.5 Å². The van der Waals surface area contributed by atoms with Gasteiger partial charge in [-0.2, -0.15) is 5.26 Å². The van der Waals surface area contributed by atoms with Crippen LogP contribution in [0.5, 0.6) is 0 Å². The molecule has 2 aromatic carbocycles. The molecule has 29 heavy (non-hydrogen) atoms. The van der Waals surface area contributed by atoms with Crippen molar-refractivity contribution in [1.82, 2.24) is 15.0 Å². The van der Waals surface area contributed by atoms with Gasteiger partial charge in [-0.15, -0.1) is 0 Å². The Labute approximate surface area is 170 Å². The van der Waals surface area contributed by atoms with Crippen molar-refractivity contribution in [2.75, 3.05) is 0 Å². The first-order chi connectivity index (χ1) is 14.3.